The molecule has 0 amide bonds. The Labute approximate surface area is 226 Å². The Kier molecular flexibility index (Phi) is 16.5. The van der Waals surface area contributed by atoms with E-state index in [9.17, 15) is 0 Å². The predicted molar refractivity (Wildman–Crippen MR) is 146 cm³/mol. The van der Waals surface area contributed by atoms with Crippen molar-refractivity contribution in [2.75, 3.05) is 0 Å². The van der Waals surface area contributed by atoms with Crippen molar-refractivity contribution in [3.8, 4) is 0 Å². The first kappa shape index (κ1) is 31.7. The van der Waals surface area contributed by atoms with E-state index in [1.165, 1.54) is 77.0 Å². The summed E-state index contributed by atoms with van der Waals surface area (Å²) in [4.78, 5) is 0. The van der Waals surface area contributed by atoms with Crippen LogP contribution in [-0.4, -0.2) is 0 Å². The van der Waals surface area contributed by atoms with Gasteiger partial charge in [-0.1, -0.05) is 102 Å². The van der Waals surface area contributed by atoms with Crippen LogP contribution in [0.2, 0.25) is 0 Å². The maximum atomic E-state index is 4.93. The molecule has 6 unspecified atom stereocenters. The molecule has 1 aromatic rings. The maximum Gasteiger partial charge on any atom is -0.01000 e. The molecule has 4 aliphatic rings. The molecule has 0 aromatic heterocycles. The van der Waals surface area contributed by atoms with Gasteiger partial charge in [-0.25, -0.2) is 0 Å². The van der Waals surface area contributed by atoms with Crippen molar-refractivity contribution in [1.29, 1.82) is 0 Å². The Balaban J connectivity index is 0.000000314. The summed E-state index contributed by atoms with van der Waals surface area (Å²) >= 11 is -0.826. The second-order valence-electron chi connectivity index (χ2n) is 10.9. The molecule has 4 fully saturated rings. The van der Waals surface area contributed by atoms with Crippen LogP contribution in [0.15, 0.2) is 30.3 Å². The number of rotatable bonds is 4. The standard InChI is InChI=1S/C18H24.C10H20.2CH3.2ClH.Zr/c1-2-6-13(7-3-1)18-16-10-4-8-14(16)12-15-9-5-11-17(15)18;1-3-4-5-10-7-6-9(2)8-10;;;;;/h1-3,6-7,14-18H,4-5,8-12H2;9-10H,3-8H2,1-2H3;2*1H3;2*1H;/q;;2*-1;;;+4/p-2. The number of fused-ring (bicyclic) bond motifs is 2. The van der Waals surface area contributed by atoms with E-state index in [1.54, 1.807) is 12.0 Å². The van der Waals surface area contributed by atoms with Crippen LogP contribution in [0.5, 0.6) is 0 Å². The van der Waals surface area contributed by atoms with E-state index in [0.717, 1.165) is 41.4 Å². The number of halogens is 2. The molecule has 0 bridgehead atoms. The second kappa shape index (κ2) is 17.2. The molecule has 4 aliphatic carbocycles. The number of benzene rings is 1. The minimum Gasteiger partial charge on any atom is -0.0622 e. The van der Waals surface area contributed by atoms with Crippen LogP contribution in [0.4, 0.5) is 0 Å². The van der Waals surface area contributed by atoms with Gasteiger partial charge < -0.3 is 14.9 Å². The third-order valence-electron chi connectivity index (χ3n) is 8.92. The largest absolute Gasteiger partial charge is 0.0622 e. The zero-order chi connectivity index (χ0) is 22.1. The normalized spacial score (nSPS) is 33.5. The zero-order valence-corrected chi connectivity index (χ0v) is 25.8. The van der Waals surface area contributed by atoms with Crippen LogP contribution in [0.25, 0.3) is 0 Å². The Morgan fingerprint density at radius 1 is 0.818 bits per heavy atom. The average Bonchev–Trinajstić information content (AvgIpc) is 3.53. The van der Waals surface area contributed by atoms with Crippen molar-refractivity contribution in [3.05, 3.63) is 50.7 Å². The van der Waals surface area contributed by atoms with Crippen LogP contribution >= 0.6 is 17.0 Å². The Morgan fingerprint density at radius 2 is 1.39 bits per heavy atom. The molecule has 0 nitrogen and oxygen atoms in total. The van der Waals surface area contributed by atoms with Crippen molar-refractivity contribution in [2.45, 2.75) is 103 Å². The molecule has 0 N–H and O–H groups in total. The molecule has 0 spiro atoms. The van der Waals surface area contributed by atoms with Crippen LogP contribution in [0.1, 0.15) is 109 Å². The molecule has 0 heterocycles. The molecule has 0 aliphatic heterocycles. The molecular formula is C30H50Cl2Zr. The third-order valence-corrected chi connectivity index (χ3v) is 8.92. The first-order chi connectivity index (χ1) is 15.2. The minimum absolute atomic E-state index is 0. The zero-order valence-electron chi connectivity index (χ0n) is 21.9. The van der Waals surface area contributed by atoms with E-state index >= 15 is 0 Å². The first-order valence-electron chi connectivity index (χ1n) is 13.2. The summed E-state index contributed by atoms with van der Waals surface area (Å²) in [5, 5.41) is 0. The fourth-order valence-corrected chi connectivity index (χ4v) is 7.62. The van der Waals surface area contributed by atoms with Crippen LogP contribution in [0.3, 0.4) is 0 Å². The Hall–Kier alpha value is 0.683. The second-order valence-corrected chi connectivity index (χ2v) is 14.6. The topological polar surface area (TPSA) is 0 Å². The van der Waals surface area contributed by atoms with E-state index in [2.05, 4.69) is 44.2 Å². The van der Waals surface area contributed by atoms with E-state index in [1.807, 2.05) is 0 Å². The number of hydrogen-bond donors (Lipinski definition) is 0. The van der Waals surface area contributed by atoms with Gasteiger partial charge in [0.2, 0.25) is 0 Å². The predicted octanol–water partition coefficient (Wildman–Crippen LogP) is 10.9. The molecule has 188 valence electrons. The summed E-state index contributed by atoms with van der Waals surface area (Å²) in [5.74, 6) is 7.19. The van der Waals surface area contributed by atoms with Gasteiger partial charge in [0.15, 0.2) is 0 Å². The summed E-state index contributed by atoms with van der Waals surface area (Å²) < 4.78 is 0. The van der Waals surface area contributed by atoms with E-state index in [-0.39, 0.29) is 14.9 Å². The Morgan fingerprint density at radius 3 is 1.88 bits per heavy atom. The van der Waals surface area contributed by atoms with Crippen molar-refractivity contribution >= 4 is 17.0 Å². The van der Waals surface area contributed by atoms with Gasteiger partial charge in [0.1, 0.15) is 0 Å². The van der Waals surface area contributed by atoms with Gasteiger partial charge in [-0.2, -0.15) is 0 Å². The van der Waals surface area contributed by atoms with Gasteiger partial charge in [0.25, 0.3) is 0 Å². The first-order valence-corrected chi connectivity index (χ1v) is 19.5. The van der Waals surface area contributed by atoms with Crippen molar-refractivity contribution in [1.82, 2.24) is 0 Å². The number of hydrogen-bond acceptors (Lipinski definition) is 0. The molecule has 5 rings (SSSR count). The summed E-state index contributed by atoms with van der Waals surface area (Å²) in [5.41, 5.74) is 1.66. The Bertz CT molecular complexity index is 587. The molecule has 6 atom stereocenters. The molecule has 4 saturated carbocycles. The quantitative estimate of drug-likeness (QED) is 0.315. The summed E-state index contributed by atoms with van der Waals surface area (Å²) in [6, 6.07) is 11.5. The monoisotopic (exact) mass is 570 g/mol. The summed E-state index contributed by atoms with van der Waals surface area (Å²) in [6.07, 6.45) is 19.5. The van der Waals surface area contributed by atoms with E-state index < -0.39 is 20.8 Å². The molecule has 3 heteroatoms. The van der Waals surface area contributed by atoms with E-state index in [0.29, 0.717) is 0 Å². The molecular weight excluding hydrogens is 522 g/mol. The van der Waals surface area contributed by atoms with Gasteiger partial charge in [-0.3, -0.25) is 0 Å². The molecule has 1 aromatic carbocycles. The maximum absolute atomic E-state index is 4.93. The van der Waals surface area contributed by atoms with Crippen LogP contribution in [0, 0.1) is 50.4 Å². The van der Waals surface area contributed by atoms with Crippen molar-refractivity contribution in [2.24, 2.45) is 35.5 Å². The van der Waals surface area contributed by atoms with E-state index in [4.69, 9.17) is 17.0 Å². The van der Waals surface area contributed by atoms with Gasteiger partial charge in [0.05, 0.1) is 0 Å². The van der Waals surface area contributed by atoms with Crippen molar-refractivity contribution < 1.29 is 20.8 Å². The van der Waals surface area contributed by atoms with Crippen LogP contribution < -0.4 is 0 Å². The van der Waals surface area contributed by atoms with Crippen molar-refractivity contribution in [3.63, 3.8) is 0 Å². The average molecular weight is 573 g/mol. The summed E-state index contributed by atoms with van der Waals surface area (Å²) in [6.45, 7) is 4.68. The third kappa shape index (κ3) is 9.25. The molecule has 0 saturated heterocycles. The smallest absolute Gasteiger partial charge is 0.01000 e. The van der Waals surface area contributed by atoms with Crippen LogP contribution in [-0.2, 0) is 20.8 Å². The minimum atomic E-state index is -0.826. The van der Waals surface area contributed by atoms with Gasteiger partial charge in [-0.15, -0.1) is 0 Å². The van der Waals surface area contributed by atoms with Gasteiger partial charge in [-0.05, 0) is 72.7 Å². The fourth-order valence-electron chi connectivity index (χ4n) is 7.62. The molecule has 33 heavy (non-hydrogen) atoms. The van der Waals surface area contributed by atoms with Gasteiger partial charge in [0, 0.05) is 0 Å². The molecule has 0 radical (unpaired) electrons. The SMILES string of the molecule is CCCCC1CCC(C)C1.[CH3-].[CH3-].[Cl][Zr+2][Cl].c1ccc(C2C3CCCC3CC3CCCC32)cc1. The fraction of sp³-hybridized carbons (Fsp3) is 0.733. The van der Waals surface area contributed by atoms with Gasteiger partial charge >= 0.3 is 37.9 Å². The summed E-state index contributed by atoms with van der Waals surface area (Å²) in [7, 11) is 9.87. The number of unbranched alkanes of at least 4 members (excludes halogenated alkanes) is 1.